The largest absolute Gasteiger partial charge is 0.325 e. The van der Waals surface area contributed by atoms with Gasteiger partial charge in [0.2, 0.25) is 0 Å². The van der Waals surface area contributed by atoms with Crippen LogP contribution in [-0.4, -0.2) is 9.78 Å². The lowest BCUT2D eigenvalue weighted by molar-refractivity contribution is 0.644. The van der Waals surface area contributed by atoms with Gasteiger partial charge in [-0.15, -0.1) is 11.3 Å². The lowest BCUT2D eigenvalue weighted by Gasteiger charge is -1.99. The number of hydrogen-bond acceptors (Lipinski definition) is 3. The van der Waals surface area contributed by atoms with Crippen molar-refractivity contribution in [3.05, 3.63) is 28.9 Å². The molecule has 4 heteroatoms. The van der Waals surface area contributed by atoms with Crippen LogP contribution >= 0.6 is 11.3 Å². The molecule has 0 saturated carbocycles. The molecule has 0 unspecified atom stereocenters. The van der Waals surface area contributed by atoms with Crippen LogP contribution < -0.4 is 5.73 Å². The Bertz CT molecular complexity index is 470. The molecule has 3 heterocycles. The number of aromatic nitrogens is 2. The van der Waals surface area contributed by atoms with Crippen molar-refractivity contribution in [2.24, 2.45) is 5.73 Å². The molecule has 0 fully saturated rings. The van der Waals surface area contributed by atoms with E-state index in [-0.39, 0.29) is 0 Å². The number of nitrogens with two attached hydrogens (primary N) is 1. The van der Waals surface area contributed by atoms with Crippen LogP contribution in [0.4, 0.5) is 0 Å². The zero-order chi connectivity index (χ0) is 10.3. The van der Waals surface area contributed by atoms with Crippen LogP contribution in [0.25, 0.3) is 10.4 Å². The summed E-state index contributed by atoms with van der Waals surface area (Å²) in [5, 5.41) is 6.67. The van der Waals surface area contributed by atoms with Gasteiger partial charge in [0.25, 0.3) is 0 Å². The molecule has 2 aromatic rings. The van der Waals surface area contributed by atoms with Crippen LogP contribution in [0.3, 0.4) is 0 Å². The van der Waals surface area contributed by atoms with Gasteiger partial charge < -0.3 is 5.73 Å². The monoisotopic (exact) mass is 219 g/mol. The van der Waals surface area contributed by atoms with Gasteiger partial charge in [-0.3, -0.25) is 4.68 Å². The molecule has 3 nitrogen and oxygen atoms in total. The number of hydrogen-bond donors (Lipinski definition) is 1. The van der Waals surface area contributed by atoms with Gasteiger partial charge in [-0.25, -0.2) is 0 Å². The summed E-state index contributed by atoms with van der Waals surface area (Å²) in [6, 6.07) is 4.24. The summed E-state index contributed by atoms with van der Waals surface area (Å²) in [7, 11) is 0. The first-order valence-electron chi connectivity index (χ1n) is 5.22. The maximum absolute atomic E-state index is 5.75. The van der Waals surface area contributed by atoms with Crippen molar-refractivity contribution in [3.63, 3.8) is 0 Å². The van der Waals surface area contributed by atoms with Crippen molar-refractivity contribution in [2.75, 3.05) is 0 Å². The maximum Gasteiger partial charge on any atom is 0.0849 e. The van der Waals surface area contributed by atoms with Gasteiger partial charge in [0.05, 0.1) is 5.69 Å². The van der Waals surface area contributed by atoms with Crippen molar-refractivity contribution in [3.8, 4) is 10.4 Å². The molecule has 0 atom stereocenters. The second-order valence-corrected chi connectivity index (χ2v) is 4.72. The van der Waals surface area contributed by atoms with E-state index in [9.17, 15) is 0 Å². The van der Waals surface area contributed by atoms with Crippen LogP contribution in [0.1, 0.15) is 17.8 Å². The molecule has 2 aromatic heterocycles. The summed E-state index contributed by atoms with van der Waals surface area (Å²) < 4.78 is 2.12. The summed E-state index contributed by atoms with van der Waals surface area (Å²) in [4.78, 5) is 1.30. The van der Waals surface area contributed by atoms with E-state index in [0.29, 0.717) is 6.54 Å². The number of nitrogens with zero attached hydrogens (tertiary/aromatic N) is 2. The highest BCUT2D eigenvalue weighted by Gasteiger charge is 2.22. The molecular weight excluding hydrogens is 206 g/mol. The first-order valence-corrected chi connectivity index (χ1v) is 6.10. The Kier molecular flexibility index (Phi) is 2.11. The summed E-state index contributed by atoms with van der Waals surface area (Å²) in [6.45, 7) is 1.58. The van der Waals surface area contributed by atoms with Crippen LogP contribution in [0.15, 0.2) is 17.5 Å². The second-order valence-electron chi connectivity index (χ2n) is 3.78. The lowest BCUT2D eigenvalue weighted by Crippen LogP contribution is -2.01. The van der Waals surface area contributed by atoms with E-state index >= 15 is 0 Å². The van der Waals surface area contributed by atoms with Crippen molar-refractivity contribution >= 4 is 11.3 Å². The molecule has 0 bridgehead atoms. The summed E-state index contributed by atoms with van der Waals surface area (Å²) in [6.07, 6.45) is 2.35. The van der Waals surface area contributed by atoms with E-state index in [4.69, 9.17) is 5.73 Å². The Hall–Kier alpha value is -1.13. The van der Waals surface area contributed by atoms with E-state index in [1.165, 1.54) is 22.6 Å². The van der Waals surface area contributed by atoms with Gasteiger partial charge in [0, 0.05) is 29.2 Å². The molecule has 0 spiro atoms. The summed E-state index contributed by atoms with van der Waals surface area (Å²) in [5.41, 5.74) is 9.46. The summed E-state index contributed by atoms with van der Waals surface area (Å²) in [5.74, 6) is 0. The van der Waals surface area contributed by atoms with Crippen LogP contribution in [0.5, 0.6) is 0 Å². The second kappa shape index (κ2) is 3.47. The molecule has 0 radical (unpaired) electrons. The first-order chi connectivity index (χ1) is 7.40. The molecule has 0 amide bonds. The van der Waals surface area contributed by atoms with Crippen molar-refractivity contribution < 1.29 is 0 Å². The van der Waals surface area contributed by atoms with Crippen LogP contribution in [0, 0.1) is 0 Å². The highest BCUT2D eigenvalue weighted by Crippen LogP contribution is 2.34. The van der Waals surface area contributed by atoms with E-state index in [2.05, 4.69) is 27.3 Å². The highest BCUT2D eigenvalue weighted by atomic mass is 32.1. The zero-order valence-corrected chi connectivity index (χ0v) is 9.26. The maximum atomic E-state index is 5.75. The van der Waals surface area contributed by atoms with Gasteiger partial charge in [-0.1, -0.05) is 6.07 Å². The minimum atomic E-state index is 0.535. The smallest absolute Gasteiger partial charge is 0.0849 e. The molecule has 1 aliphatic heterocycles. The van der Waals surface area contributed by atoms with Crippen molar-refractivity contribution in [1.29, 1.82) is 0 Å². The van der Waals surface area contributed by atoms with Gasteiger partial charge in [0.1, 0.15) is 0 Å². The minimum absolute atomic E-state index is 0.535. The van der Waals surface area contributed by atoms with E-state index in [0.717, 1.165) is 18.7 Å². The van der Waals surface area contributed by atoms with E-state index in [1.54, 1.807) is 11.3 Å². The van der Waals surface area contributed by atoms with E-state index in [1.807, 2.05) is 0 Å². The Balaban J connectivity index is 2.20. The fraction of sp³-hybridized carbons (Fsp3) is 0.364. The molecular formula is C11H13N3S. The third kappa shape index (κ3) is 1.33. The third-order valence-electron chi connectivity index (χ3n) is 2.87. The molecule has 0 aliphatic carbocycles. The van der Waals surface area contributed by atoms with Gasteiger partial charge in [-0.05, 0) is 24.3 Å². The molecule has 0 saturated heterocycles. The Labute approximate surface area is 92.5 Å². The SMILES string of the molecule is NCc1nn2c(c1-c1cccs1)CCC2. The molecule has 78 valence electrons. The van der Waals surface area contributed by atoms with Crippen molar-refractivity contribution in [1.82, 2.24) is 9.78 Å². The zero-order valence-electron chi connectivity index (χ0n) is 8.44. The molecule has 15 heavy (non-hydrogen) atoms. The standard InChI is InChI=1S/C11H13N3S/c12-7-8-11(10-4-2-6-15-10)9-3-1-5-14(9)13-8/h2,4,6H,1,3,5,7,12H2. The summed E-state index contributed by atoms with van der Waals surface area (Å²) >= 11 is 1.77. The molecule has 1 aliphatic rings. The molecule has 0 aromatic carbocycles. The number of fused-ring (bicyclic) bond motifs is 1. The average Bonchev–Trinajstić information content (AvgIpc) is 2.92. The fourth-order valence-corrected chi connectivity index (χ4v) is 3.05. The lowest BCUT2D eigenvalue weighted by atomic mass is 10.1. The Morgan fingerprint density at radius 1 is 1.53 bits per heavy atom. The fourth-order valence-electron chi connectivity index (χ4n) is 2.24. The van der Waals surface area contributed by atoms with Gasteiger partial charge in [-0.2, -0.15) is 5.10 Å². The minimum Gasteiger partial charge on any atom is -0.325 e. The Morgan fingerprint density at radius 2 is 2.47 bits per heavy atom. The number of aryl methyl sites for hydroxylation is 1. The number of rotatable bonds is 2. The quantitative estimate of drug-likeness (QED) is 0.839. The average molecular weight is 219 g/mol. The Morgan fingerprint density at radius 3 is 3.20 bits per heavy atom. The molecule has 2 N–H and O–H groups in total. The molecule has 3 rings (SSSR count). The predicted octanol–water partition coefficient (Wildman–Crippen LogP) is 2.02. The normalized spacial score (nSPS) is 14.5. The van der Waals surface area contributed by atoms with Crippen LogP contribution in [-0.2, 0) is 19.5 Å². The van der Waals surface area contributed by atoms with Crippen molar-refractivity contribution in [2.45, 2.75) is 25.9 Å². The first kappa shape index (κ1) is 9.12. The van der Waals surface area contributed by atoms with Gasteiger partial charge >= 0.3 is 0 Å². The highest BCUT2D eigenvalue weighted by molar-refractivity contribution is 7.13. The van der Waals surface area contributed by atoms with Crippen LogP contribution in [0.2, 0.25) is 0 Å². The predicted molar refractivity (Wildman–Crippen MR) is 61.8 cm³/mol. The number of thiophene rings is 1. The van der Waals surface area contributed by atoms with Gasteiger partial charge in [0.15, 0.2) is 0 Å². The third-order valence-corrected chi connectivity index (χ3v) is 3.76. The topological polar surface area (TPSA) is 43.8 Å². The van der Waals surface area contributed by atoms with E-state index < -0.39 is 0 Å².